The summed E-state index contributed by atoms with van der Waals surface area (Å²) < 4.78 is 10.3. The molecule has 2 aromatic carbocycles. The number of carbonyl (C=O) groups is 4. The van der Waals surface area contributed by atoms with E-state index in [9.17, 15) is 19.2 Å². The standard InChI is InChI=1S/C26H28ClN3O6/c1-2-13-35-24(32)12-11-22(25(33)29-16-27)30-23(31)14-28-26(34)36-15-21-19-9-5-3-7-17(19)18-8-4-6-10-20(18)21/h2-10,21-22H,1,11-16H2,(H,28,34)(H,29,33)(H,30,31)/t22-/m0/s1. The van der Waals surface area contributed by atoms with Gasteiger partial charge in [0.2, 0.25) is 11.8 Å². The van der Waals surface area contributed by atoms with Crippen molar-refractivity contribution < 1.29 is 28.7 Å². The Morgan fingerprint density at radius 2 is 1.61 bits per heavy atom. The van der Waals surface area contributed by atoms with E-state index >= 15 is 0 Å². The number of alkyl carbamates (subject to hydrolysis) is 1. The van der Waals surface area contributed by atoms with Gasteiger partial charge in [0.05, 0.1) is 6.00 Å². The summed E-state index contributed by atoms with van der Waals surface area (Å²) in [6.07, 6.45) is 0.553. The van der Waals surface area contributed by atoms with Crippen molar-refractivity contribution in [3.63, 3.8) is 0 Å². The summed E-state index contributed by atoms with van der Waals surface area (Å²) >= 11 is 5.54. The van der Waals surface area contributed by atoms with Gasteiger partial charge in [0.1, 0.15) is 25.8 Å². The van der Waals surface area contributed by atoms with Gasteiger partial charge in [-0.05, 0) is 28.7 Å². The maximum absolute atomic E-state index is 12.3. The Kier molecular flexibility index (Phi) is 9.88. The van der Waals surface area contributed by atoms with Gasteiger partial charge in [-0.2, -0.15) is 0 Å². The zero-order chi connectivity index (χ0) is 25.9. The summed E-state index contributed by atoms with van der Waals surface area (Å²) in [6, 6.07) is 14.7. The first kappa shape index (κ1) is 26.7. The highest BCUT2D eigenvalue weighted by atomic mass is 35.5. The zero-order valence-corrected chi connectivity index (χ0v) is 20.4. The van der Waals surface area contributed by atoms with E-state index in [1.807, 2.05) is 48.5 Å². The lowest BCUT2D eigenvalue weighted by Crippen LogP contribution is -2.49. The second kappa shape index (κ2) is 13.3. The van der Waals surface area contributed by atoms with Crippen molar-refractivity contribution >= 4 is 35.5 Å². The van der Waals surface area contributed by atoms with Crippen LogP contribution >= 0.6 is 11.6 Å². The molecule has 0 saturated heterocycles. The van der Waals surface area contributed by atoms with E-state index in [1.165, 1.54) is 6.08 Å². The molecule has 2 aromatic rings. The minimum atomic E-state index is -1.03. The summed E-state index contributed by atoms with van der Waals surface area (Å²) in [5.74, 6) is -1.83. The number of ether oxygens (including phenoxy) is 2. The quantitative estimate of drug-likeness (QED) is 0.174. The van der Waals surface area contributed by atoms with Crippen LogP contribution in [0.5, 0.6) is 0 Å². The maximum atomic E-state index is 12.3. The number of halogens is 1. The lowest BCUT2D eigenvalue weighted by atomic mass is 9.98. The fraction of sp³-hybridized carbons (Fsp3) is 0.308. The van der Waals surface area contributed by atoms with Gasteiger partial charge in [-0.3, -0.25) is 14.4 Å². The predicted molar refractivity (Wildman–Crippen MR) is 134 cm³/mol. The summed E-state index contributed by atoms with van der Waals surface area (Å²) in [4.78, 5) is 48.5. The summed E-state index contributed by atoms with van der Waals surface area (Å²) in [7, 11) is 0. The Morgan fingerprint density at radius 3 is 2.22 bits per heavy atom. The molecule has 0 fully saturated rings. The maximum Gasteiger partial charge on any atom is 0.407 e. The van der Waals surface area contributed by atoms with Gasteiger partial charge in [-0.25, -0.2) is 4.79 Å². The largest absolute Gasteiger partial charge is 0.461 e. The Morgan fingerprint density at radius 1 is 0.972 bits per heavy atom. The highest BCUT2D eigenvalue weighted by molar-refractivity contribution is 6.18. The predicted octanol–water partition coefficient (Wildman–Crippen LogP) is 2.83. The second-order valence-corrected chi connectivity index (χ2v) is 8.25. The van der Waals surface area contributed by atoms with E-state index in [0.29, 0.717) is 0 Å². The van der Waals surface area contributed by atoms with Crippen LogP contribution in [0.1, 0.15) is 29.9 Å². The summed E-state index contributed by atoms with van der Waals surface area (Å²) in [5.41, 5.74) is 4.36. The van der Waals surface area contributed by atoms with Gasteiger partial charge in [-0.15, -0.1) is 11.6 Å². The van der Waals surface area contributed by atoms with Crippen LogP contribution in [0.2, 0.25) is 0 Å². The lowest BCUT2D eigenvalue weighted by Gasteiger charge is -2.18. The van der Waals surface area contributed by atoms with E-state index in [-0.39, 0.29) is 38.0 Å². The molecule has 36 heavy (non-hydrogen) atoms. The number of hydrogen-bond acceptors (Lipinski definition) is 6. The number of hydrogen-bond donors (Lipinski definition) is 3. The molecule has 3 rings (SSSR count). The molecule has 0 unspecified atom stereocenters. The summed E-state index contributed by atoms with van der Waals surface area (Å²) in [5, 5.41) is 7.26. The number of carbonyl (C=O) groups excluding carboxylic acids is 4. The van der Waals surface area contributed by atoms with Crippen LogP contribution in [0.15, 0.2) is 61.2 Å². The fourth-order valence-electron chi connectivity index (χ4n) is 3.99. The van der Waals surface area contributed by atoms with Crippen LogP contribution in [0.4, 0.5) is 4.79 Å². The third-order valence-electron chi connectivity index (χ3n) is 5.63. The van der Waals surface area contributed by atoms with E-state index in [0.717, 1.165) is 22.3 Å². The fourth-order valence-corrected chi connectivity index (χ4v) is 4.12. The number of alkyl halides is 1. The molecule has 1 aliphatic carbocycles. The van der Waals surface area contributed by atoms with Gasteiger partial charge in [-0.1, -0.05) is 61.2 Å². The lowest BCUT2D eigenvalue weighted by molar-refractivity contribution is -0.143. The topological polar surface area (TPSA) is 123 Å². The van der Waals surface area contributed by atoms with Crippen molar-refractivity contribution in [1.82, 2.24) is 16.0 Å². The molecule has 190 valence electrons. The molecule has 9 nitrogen and oxygen atoms in total. The number of benzene rings is 2. The molecule has 1 aliphatic rings. The molecular formula is C26H28ClN3O6. The van der Waals surface area contributed by atoms with Crippen molar-refractivity contribution in [2.75, 3.05) is 25.8 Å². The van der Waals surface area contributed by atoms with Crippen molar-refractivity contribution in [2.24, 2.45) is 0 Å². The molecular weight excluding hydrogens is 486 g/mol. The number of rotatable bonds is 12. The minimum absolute atomic E-state index is 0.00458. The minimum Gasteiger partial charge on any atom is -0.461 e. The normalized spacial score (nSPS) is 12.5. The Hall–Kier alpha value is -3.85. The molecule has 10 heteroatoms. The van der Waals surface area contributed by atoms with Crippen molar-refractivity contribution in [2.45, 2.75) is 24.8 Å². The third kappa shape index (κ3) is 7.08. The van der Waals surface area contributed by atoms with Crippen molar-refractivity contribution in [3.05, 3.63) is 72.3 Å². The van der Waals surface area contributed by atoms with Gasteiger partial charge >= 0.3 is 12.1 Å². The molecule has 0 aliphatic heterocycles. The Labute approximate surface area is 214 Å². The Bertz CT molecular complexity index is 1080. The van der Waals surface area contributed by atoms with Crippen LogP contribution in [0.3, 0.4) is 0 Å². The monoisotopic (exact) mass is 513 g/mol. The SMILES string of the molecule is C=CCOC(=O)CC[C@H](NC(=O)CNC(=O)OCC1c2ccccc2-c2ccccc21)C(=O)NCCl. The van der Waals surface area contributed by atoms with Crippen LogP contribution in [0, 0.1) is 0 Å². The molecule has 0 saturated carbocycles. The Balaban J connectivity index is 1.49. The highest BCUT2D eigenvalue weighted by Crippen LogP contribution is 2.44. The summed E-state index contributed by atoms with van der Waals surface area (Å²) in [6.45, 7) is 3.19. The molecule has 3 amide bonds. The first-order valence-corrected chi connectivity index (χ1v) is 12.0. The van der Waals surface area contributed by atoms with Gasteiger partial charge in [0.25, 0.3) is 0 Å². The van der Waals surface area contributed by atoms with E-state index in [4.69, 9.17) is 21.1 Å². The van der Waals surface area contributed by atoms with Crippen LogP contribution in [-0.2, 0) is 23.9 Å². The number of fused-ring (bicyclic) bond motifs is 3. The third-order valence-corrected chi connectivity index (χ3v) is 5.76. The van der Waals surface area contributed by atoms with Gasteiger partial charge in [0.15, 0.2) is 0 Å². The van der Waals surface area contributed by atoms with E-state index in [2.05, 4.69) is 22.5 Å². The molecule has 0 radical (unpaired) electrons. The van der Waals surface area contributed by atoms with Gasteiger partial charge < -0.3 is 25.4 Å². The number of nitrogens with one attached hydrogen (secondary N) is 3. The number of esters is 1. The molecule has 0 aromatic heterocycles. The molecule has 0 bridgehead atoms. The van der Waals surface area contributed by atoms with Crippen molar-refractivity contribution in [3.8, 4) is 11.1 Å². The smallest absolute Gasteiger partial charge is 0.407 e. The first-order valence-electron chi connectivity index (χ1n) is 11.4. The van der Waals surface area contributed by atoms with Crippen LogP contribution in [-0.4, -0.2) is 55.7 Å². The van der Waals surface area contributed by atoms with Crippen LogP contribution in [0.25, 0.3) is 11.1 Å². The molecule has 0 heterocycles. The van der Waals surface area contributed by atoms with Crippen LogP contribution < -0.4 is 16.0 Å². The van der Waals surface area contributed by atoms with E-state index < -0.39 is 36.5 Å². The molecule has 3 N–H and O–H groups in total. The average molecular weight is 514 g/mol. The second-order valence-electron chi connectivity index (χ2n) is 7.98. The highest BCUT2D eigenvalue weighted by Gasteiger charge is 2.29. The van der Waals surface area contributed by atoms with Crippen molar-refractivity contribution in [1.29, 1.82) is 0 Å². The first-order chi connectivity index (χ1) is 17.4. The number of amides is 3. The average Bonchev–Trinajstić information content (AvgIpc) is 3.21. The molecule has 0 spiro atoms. The van der Waals surface area contributed by atoms with E-state index in [1.54, 1.807) is 0 Å². The zero-order valence-electron chi connectivity index (χ0n) is 19.6. The molecule has 1 atom stereocenters. The van der Waals surface area contributed by atoms with Gasteiger partial charge in [0, 0.05) is 12.3 Å².